The number of rotatable bonds is 2. The van der Waals surface area contributed by atoms with Crippen LogP contribution in [0.15, 0.2) is 18.2 Å². The number of aromatic carboxylic acids is 1. The van der Waals surface area contributed by atoms with E-state index in [-0.39, 0.29) is 11.7 Å². The third kappa shape index (κ3) is 3.91. The maximum absolute atomic E-state index is 13.3. The second kappa shape index (κ2) is 6.53. The van der Waals surface area contributed by atoms with Crippen molar-refractivity contribution in [1.82, 2.24) is 9.80 Å². The number of benzene rings is 1. The smallest absolute Gasteiger partial charge is 0.338 e. The highest BCUT2D eigenvalue weighted by Crippen LogP contribution is 2.15. The van der Waals surface area contributed by atoms with Crippen molar-refractivity contribution >= 4 is 17.7 Å². The molecule has 1 aliphatic heterocycles. The predicted molar refractivity (Wildman–Crippen MR) is 76.1 cm³/mol. The van der Waals surface area contributed by atoms with Gasteiger partial charge in [-0.15, -0.1) is 0 Å². The number of hydrogen-bond acceptors (Lipinski definition) is 3. The van der Waals surface area contributed by atoms with Crippen LogP contribution in [0.1, 0.15) is 16.8 Å². The summed E-state index contributed by atoms with van der Waals surface area (Å²) in [6, 6.07) is 3.21. The van der Waals surface area contributed by atoms with Gasteiger partial charge < -0.3 is 20.2 Å². The zero-order valence-corrected chi connectivity index (χ0v) is 11.8. The number of urea groups is 1. The Kier molecular flexibility index (Phi) is 4.74. The number of nitrogens with zero attached hydrogens (tertiary/aromatic N) is 2. The molecular weight excluding hydrogens is 277 g/mol. The fraction of sp³-hybridized carbons (Fsp3) is 0.429. The van der Waals surface area contributed by atoms with E-state index < -0.39 is 17.3 Å². The van der Waals surface area contributed by atoms with E-state index in [0.717, 1.165) is 31.6 Å². The van der Waals surface area contributed by atoms with Crippen LogP contribution in [0.3, 0.4) is 0 Å². The van der Waals surface area contributed by atoms with Gasteiger partial charge in [-0.05, 0) is 38.2 Å². The molecule has 2 rings (SSSR count). The summed E-state index contributed by atoms with van der Waals surface area (Å²) in [5, 5.41) is 11.5. The number of carboxylic acid groups (broad SMARTS) is 1. The molecule has 2 N–H and O–H groups in total. The Hall–Kier alpha value is -2.15. The monoisotopic (exact) mass is 295 g/mol. The summed E-state index contributed by atoms with van der Waals surface area (Å²) < 4.78 is 13.3. The van der Waals surface area contributed by atoms with Gasteiger partial charge in [0.05, 0.1) is 5.56 Å². The summed E-state index contributed by atoms with van der Waals surface area (Å²) in [5.41, 5.74) is -0.181. The second-order valence-corrected chi connectivity index (χ2v) is 5.07. The molecule has 21 heavy (non-hydrogen) atoms. The number of halogens is 1. The van der Waals surface area contributed by atoms with Gasteiger partial charge in [0.15, 0.2) is 0 Å². The van der Waals surface area contributed by atoms with Crippen molar-refractivity contribution in [2.24, 2.45) is 0 Å². The van der Waals surface area contributed by atoms with Crippen molar-refractivity contribution in [3.8, 4) is 0 Å². The van der Waals surface area contributed by atoms with E-state index in [1.165, 1.54) is 6.07 Å². The van der Waals surface area contributed by atoms with Crippen LogP contribution < -0.4 is 5.32 Å². The Morgan fingerprint density at radius 3 is 2.71 bits per heavy atom. The molecule has 114 valence electrons. The maximum Gasteiger partial charge on any atom is 0.338 e. The van der Waals surface area contributed by atoms with Gasteiger partial charge in [-0.2, -0.15) is 0 Å². The van der Waals surface area contributed by atoms with Crippen LogP contribution in [0.4, 0.5) is 14.9 Å². The second-order valence-electron chi connectivity index (χ2n) is 5.07. The molecule has 1 aromatic rings. The molecule has 6 nitrogen and oxygen atoms in total. The molecule has 1 aromatic carbocycles. The lowest BCUT2D eigenvalue weighted by Gasteiger charge is -2.21. The van der Waals surface area contributed by atoms with Gasteiger partial charge in [-0.25, -0.2) is 14.0 Å². The normalized spacial score (nSPS) is 16.4. The molecule has 1 saturated heterocycles. The highest BCUT2D eigenvalue weighted by molar-refractivity contribution is 5.93. The zero-order valence-electron chi connectivity index (χ0n) is 11.8. The third-order valence-electron chi connectivity index (χ3n) is 3.45. The van der Waals surface area contributed by atoms with Crippen LogP contribution in [0, 0.1) is 5.82 Å². The minimum absolute atomic E-state index is 0.274. The fourth-order valence-electron chi connectivity index (χ4n) is 2.22. The standard InChI is InChI=1S/C14H18FN3O3/c1-17-5-2-6-18(8-7-17)14(21)16-10-3-4-12(15)11(9-10)13(19)20/h3-4,9H,2,5-8H2,1H3,(H,16,21)(H,19,20). The summed E-state index contributed by atoms with van der Waals surface area (Å²) >= 11 is 0. The summed E-state index contributed by atoms with van der Waals surface area (Å²) in [4.78, 5) is 26.8. The lowest BCUT2D eigenvalue weighted by Crippen LogP contribution is -2.37. The molecule has 0 aromatic heterocycles. The Labute approximate surface area is 122 Å². The Morgan fingerprint density at radius 1 is 1.24 bits per heavy atom. The summed E-state index contributed by atoms with van der Waals surface area (Å²) in [6.07, 6.45) is 0.883. The van der Waals surface area contributed by atoms with Crippen molar-refractivity contribution in [3.63, 3.8) is 0 Å². The molecule has 0 bridgehead atoms. The first kappa shape index (κ1) is 15.2. The molecule has 1 fully saturated rings. The van der Waals surface area contributed by atoms with Crippen LogP contribution >= 0.6 is 0 Å². The van der Waals surface area contributed by atoms with Gasteiger partial charge in [0.25, 0.3) is 0 Å². The highest BCUT2D eigenvalue weighted by atomic mass is 19.1. The average molecular weight is 295 g/mol. The fourth-order valence-corrected chi connectivity index (χ4v) is 2.22. The zero-order chi connectivity index (χ0) is 15.4. The van der Waals surface area contributed by atoms with Gasteiger partial charge in [0, 0.05) is 25.3 Å². The molecular formula is C14H18FN3O3. The summed E-state index contributed by atoms with van der Waals surface area (Å²) in [5.74, 6) is -2.18. The quantitative estimate of drug-likeness (QED) is 0.871. The molecule has 0 radical (unpaired) electrons. The third-order valence-corrected chi connectivity index (χ3v) is 3.45. The first-order valence-corrected chi connectivity index (χ1v) is 6.74. The van der Waals surface area contributed by atoms with E-state index in [0.29, 0.717) is 13.1 Å². The van der Waals surface area contributed by atoms with E-state index in [2.05, 4.69) is 10.2 Å². The van der Waals surface area contributed by atoms with E-state index in [1.54, 1.807) is 4.90 Å². The molecule has 0 spiro atoms. The Bertz CT molecular complexity index is 550. The Balaban J connectivity index is 2.05. The van der Waals surface area contributed by atoms with Gasteiger partial charge in [-0.3, -0.25) is 0 Å². The van der Waals surface area contributed by atoms with Crippen molar-refractivity contribution < 1.29 is 19.1 Å². The highest BCUT2D eigenvalue weighted by Gasteiger charge is 2.18. The number of nitrogens with one attached hydrogen (secondary N) is 1. The minimum atomic E-state index is -1.36. The van der Waals surface area contributed by atoms with Gasteiger partial charge >= 0.3 is 12.0 Å². The molecule has 1 aliphatic rings. The van der Waals surface area contributed by atoms with Crippen molar-refractivity contribution in [1.29, 1.82) is 0 Å². The lowest BCUT2D eigenvalue weighted by molar-refractivity contribution is 0.0692. The topological polar surface area (TPSA) is 72.9 Å². The molecule has 7 heteroatoms. The number of carbonyl (C=O) groups excluding carboxylic acids is 1. The summed E-state index contributed by atoms with van der Waals surface area (Å²) in [7, 11) is 2.00. The maximum atomic E-state index is 13.3. The van der Waals surface area contributed by atoms with Crippen molar-refractivity contribution in [2.45, 2.75) is 6.42 Å². The van der Waals surface area contributed by atoms with Crippen LogP contribution in [0.5, 0.6) is 0 Å². The van der Waals surface area contributed by atoms with Gasteiger partial charge in [-0.1, -0.05) is 0 Å². The van der Waals surface area contributed by atoms with Gasteiger partial charge in [0.1, 0.15) is 5.82 Å². The number of likely N-dealkylation sites (N-methyl/N-ethyl adjacent to an activating group) is 1. The number of anilines is 1. The molecule has 0 unspecified atom stereocenters. The molecule has 0 aliphatic carbocycles. The number of carboxylic acids is 1. The first-order chi connectivity index (χ1) is 9.97. The van der Waals surface area contributed by atoms with E-state index in [1.807, 2.05) is 7.05 Å². The van der Waals surface area contributed by atoms with E-state index in [9.17, 15) is 14.0 Å². The summed E-state index contributed by atoms with van der Waals surface area (Å²) in [6.45, 7) is 2.97. The van der Waals surface area contributed by atoms with E-state index >= 15 is 0 Å². The number of amides is 2. The number of carbonyl (C=O) groups is 2. The predicted octanol–water partition coefficient (Wildman–Crippen LogP) is 1.69. The first-order valence-electron chi connectivity index (χ1n) is 6.74. The van der Waals surface area contributed by atoms with Crippen molar-refractivity contribution in [2.75, 3.05) is 38.5 Å². The Morgan fingerprint density at radius 2 is 2.00 bits per heavy atom. The number of hydrogen-bond donors (Lipinski definition) is 2. The van der Waals surface area contributed by atoms with Crippen LogP contribution in [0.2, 0.25) is 0 Å². The molecule has 0 atom stereocenters. The SMILES string of the molecule is CN1CCCN(C(=O)Nc2ccc(F)c(C(=O)O)c2)CC1. The minimum Gasteiger partial charge on any atom is -0.478 e. The molecule has 2 amide bonds. The lowest BCUT2D eigenvalue weighted by atomic mass is 10.2. The van der Waals surface area contributed by atoms with Crippen LogP contribution in [-0.4, -0.2) is 60.1 Å². The molecule has 1 heterocycles. The largest absolute Gasteiger partial charge is 0.478 e. The molecule has 0 saturated carbocycles. The average Bonchev–Trinajstić information content (AvgIpc) is 2.65. The van der Waals surface area contributed by atoms with Crippen LogP contribution in [0.25, 0.3) is 0 Å². The van der Waals surface area contributed by atoms with Gasteiger partial charge in [0.2, 0.25) is 0 Å². The van der Waals surface area contributed by atoms with Crippen molar-refractivity contribution in [3.05, 3.63) is 29.6 Å². The van der Waals surface area contributed by atoms with Crippen LogP contribution in [-0.2, 0) is 0 Å². The van der Waals surface area contributed by atoms with E-state index in [4.69, 9.17) is 5.11 Å².